The highest BCUT2D eigenvalue weighted by Crippen LogP contribution is 2.33. The second-order valence-electron chi connectivity index (χ2n) is 5.89. The Morgan fingerprint density at radius 3 is 2.74 bits per heavy atom. The van der Waals surface area contributed by atoms with Gasteiger partial charge in [-0.2, -0.15) is 0 Å². The van der Waals surface area contributed by atoms with Gasteiger partial charge < -0.3 is 4.90 Å². The Balaban J connectivity index is 1.91. The van der Waals surface area contributed by atoms with Gasteiger partial charge in [0.1, 0.15) is 0 Å². The summed E-state index contributed by atoms with van der Waals surface area (Å²) in [5, 5.41) is 7.57. The monoisotopic (exact) mass is 280 g/mol. The minimum absolute atomic E-state index is 0.563. The molecule has 1 atom stereocenters. The number of hydrogen-bond donors (Lipinski definition) is 1. The SMILES string of the molecule is CCC1CCCN1c1n[nH]c(=S)n1C1CCCCC1. The lowest BCUT2D eigenvalue weighted by atomic mass is 9.95. The Labute approximate surface area is 120 Å². The maximum absolute atomic E-state index is 5.48. The zero-order valence-electron chi connectivity index (χ0n) is 11.8. The third-order valence-electron chi connectivity index (χ3n) is 4.73. The molecule has 3 rings (SSSR count). The summed E-state index contributed by atoms with van der Waals surface area (Å²) in [6.07, 6.45) is 10.3. The first kappa shape index (κ1) is 13.2. The van der Waals surface area contributed by atoms with Crippen LogP contribution in [-0.2, 0) is 0 Å². The second-order valence-corrected chi connectivity index (χ2v) is 6.27. The zero-order valence-corrected chi connectivity index (χ0v) is 12.6. The van der Waals surface area contributed by atoms with E-state index >= 15 is 0 Å². The van der Waals surface area contributed by atoms with Crippen molar-refractivity contribution in [3.8, 4) is 0 Å². The van der Waals surface area contributed by atoms with Gasteiger partial charge in [-0.25, -0.2) is 5.10 Å². The number of anilines is 1. The molecule has 1 saturated heterocycles. The number of nitrogens with zero attached hydrogens (tertiary/aromatic N) is 3. The number of hydrogen-bond acceptors (Lipinski definition) is 3. The van der Waals surface area contributed by atoms with E-state index in [0.717, 1.165) is 17.3 Å². The molecule has 1 saturated carbocycles. The first-order valence-corrected chi connectivity index (χ1v) is 8.15. The van der Waals surface area contributed by atoms with E-state index in [9.17, 15) is 0 Å². The standard InChI is InChI=1S/C14H24N4S/c1-2-11-9-6-10-17(11)13-15-16-14(19)18(13)12-7-4-3-5-8-12/h11-12H,2-10H2,1H3,(H,16,19). The maximum Gasteiger partial charge on any atom is 0.226 e. The van der Waals surface area contributed by atoms with Gasteiger partial charge in [0.05, 0.1) is 0 Å². The fraction of sp³-hybridized carbons (Fsp3) is 0.857. The van der Waals surface area contributed by atoms with E-state index in [1.165, 1.54) is 51.4 Å². The highest BCUT2D eigenvalue weighted by Gasteiger charge is 2.29. The molecule has 0 amide bonds. The van der Waals surface area contributed by atoms with Crippen LogP contribution in [0.1, 0.15) is 64.3 Å². The van der Waals surface area contributed by atoms with Crippen molar-refractivity contribution in [3.05, 3.63) is 4.77 Å². The van der Waals surface area contributed by atoms with E-state index in [2.05, 4.69) is 26.6 Å². The van der Waals surface area contributed by atoms with Crippen LogP contribution < -0.4 is 4.90 Å². The van der Waals surface area contributed by atoms with Gasteiger partial charge in [-0.15, -0.1) is 5.10 Å². The summed E-state index contributed by atoms with van der Waals surface area (Å²) in [5.41, 5.74) is 0. The van der Waals surface area contributed by atoms with Crippen molar-refractivity contribution in [3.63, 3.8) is 0 Å². The van der Waals surface area contributed by atoms with E-state index in [-0.39, 0.29) is 0 Å². The van der Waals surface area contributed by atoms with Crippen molar-refractivity contribution in [2.24, 2.45) is 0 Å². The van der Waals surface area contributed by atoms with Crippen LogP contribution in [0.5, 0.6) is 0 Å². The van der Waals surface area contributed by atoms with Gasteiger partial charge in [-0.05, 0) is 44.3 Å². The smallest absolute Gasteiger partial charge is 0.226 e. The molecule has 1 aromatic heterocycles. The fourth-order valence-corrected chi connectivity index (χ4v) is 3.97. The lowest BCUT2D eigenvalue weighted by molar-refractivity contribution is 0.349. The topological polar surface area (TPSA) is 36.9 Å². The molecule has 2 heterocycles. The molecule has 2 fully saturated rings. The van der Waals surface area contributed by atoms with Crippen molar-refractivity contribution in [1.29, 1.82) is 0 Å². The number of rotatable bonds is 3. The molecule has 1 aromatic rings. The highest BCUT2D eigenvalue weighted by atomic mass is 32.1. The van der Waals surface area contributed by atoms with Crippen LogP contribution in [0.2, 0.25) is 0 Å². The van der Waals surface area contributed by atoms with Crippen molar-refractivity contribution >= 4 is 18.2 Å². The van der Waals surface area contributed by atoms with Crippen molar-refractivity contribution in [2.75, 3.05) is 11.4 Å². The lowest BCUT2D eigenvalue weighted by Crippen LogP contribution is -2.32. The molecule has 106 valence electrons. The number of aromatic amines is 1. The second kappa shape index (κ2) is 5.65. The van der Waals surface area contributed by atoms with Crippen LogP contribution in [0.25, 0.3) is 0 Å². The van der Waals surface area contributed by atoms with Crippen LogP contribution in [-0.4, -0.2) is 27.4 Å². The molecule has 4 nitrogen and oxygen atoms in total. The van der Waals surface area contributed by atoms with Crippen LogP contribution in [0.3, 0.4) is 0 Å². The average molecular weight is 280 g/mol. The molecule has 19 heavy (non-hydrogen) atoms. The number of aromatic nitrogens is 3. The summed E-state index contributed by atoms with van der Waals surface area (Å²) in [5.74, 6) is 1.10. The molecule has 0 bridgehead atoms. The summed E-state index contributed by atoms with van der Waals surface area (Å²) >= 11 is 5.48. The Hall–Kier alpha value is -0.840. The third kappa shape index (κ3) is 2.45. The minimum atomic E-state index is 0.563. The van der Waals surface area contributed by atoms with E-state index in [1.54, 1.807) is 0 Å². The summed E-state index contributed by atoms with van der Waals surface area (Å²) in [6.45, 7) is 3.40. The Kier molecular flexibility index (Phi) is 3.91. The van der Waals surface area contributed by atoms with Gasteiger partial charge in [-0.1, -0.05) is 26.2 Å². The molecule has 1 aliphatic carbocycles. The molecule has 5 heteroatoms. The van der Waals surface area contributed by atoms with Crippen LogP contribution in [0.15, 0.2) is 0 Å². The van der Waals surface area contributed by atoms with Crippen LogP contribution >= 0.6 is 12.2 Å². The molecule has 0 aromatic carbocycles. The Morgan fingerprint density at radius 1 is 1.21 bits per heavy atom. The van der Waals surface area contributed by atoms with E-state index in [0.29, 0.717) is 12.1 Å². The van der Waals surface area contributed by atoms with Crippen LogP contribution in [0, 0.1) is 4.77 Å². The van der Waals surface area contributed by atoms with Gasteiger partial charge in [0, 0.05) is 18.6 Å². The van der Waals surface area contributed by atoms with E-state index in [4.69, 9.17) is 12.2 Å². The first-order valence-electron chi connectivity index (χ1n) is 7.74. The molecular formula is C14H24N4S. The van der Waals surface area contributed by atoms with Gasteiger partial charge in [0.25, 0.3) is 0 Å². The summed E-state index contributed by atoms with van der Waals surface area (Å²) in [4.78, 5) is 2.47. The molecular weight excluding hydrogens is 256 g/mol. The summed E-state index contributed by atoms with van der Waals surface area (Å²) in [7, 11) is 0. The van der Waals surface area contributed by atoms with Crippen molar-refractivity contribution in [1.82, 2.24) is 14.8 Å². The fourth-order valence-electron chi connectivity index (χ4n) is 3.69. The Morgan fingerprint density at radius 2 is 2.00 bits per heavy atom. The normalized spacial score (nSPS) is 25.1. The first-order chi connectivity index (χ1) is 9.31. The Bertz CT molecular complexity index is 472. The van der Waals surface area contributed by atoms with Gasteiger partial charge >= 0.3 is 0 Å². The lowest BCUT2D eigenvalue weighted by Gasteiger charge is -2.29. The third-order valence-corrected chi connectivity index (χ3v) is 5.02. The highest BCUT2D eigenvalue weighted by molar-refractivity contribution is 7.71. The largest absolute Gasteiger partial charge is 0.338 e. The number of H-pyrrole nitrogens is 1. The van der Waals surface area contributed by atoms with Gasteiger partial charge in [0.2, 0.25) is 5.95 Å². The van der Waals surface area contributed by atoms with Crippen LogP contribution in [0.4, 0.5) is 5.95 Å². The van der Waals surface area contributed by atoms with Crippen molar-refractivity contribution < 1.29 is 0 Å². The summed E-state index contributed by atoms with van der Waals surface area (Å²) in [6, 6.07) is 1.21. The summed E-state index contributed by atoms with van der Waals surface area (Å²) < 4.78 is 3.12. The van der Waals surface area contributed by atoms with E-state index in [1.807, 2.05) is 0 Å². The quantitative estimate of drug-likeness (QED) is 0.855. The molecule has 1 aliphatic heterocycles. The average Bonchev–Trinajstić information content (AvgIpc) is 3.05. The van der Waals surface area contributed by atoms with E-state index < -0.39 is 0 Å². The molecule has 0 spiro atoms. The number of nitrogens with one attached hydrogen (secondary N) is 1. The van der Waals surface area contributed by atoms with Crippen molar-refractivity contribution in [2.45, 2.75) is 70.4 Å². The predicted octanol–water partition coefficient (Wildman–Crippen LogP) is 3.82. The molecule has 0 radical (unpaired) electrons. The molecule has 2 aliphatic rings. The minimum Gasteiger partial charge on any atom is -0.338 e. The predicted molar refractivity (Wildman–Crippen MR) is 80.2 cm³/mol. The maximum atomic E-state index is 5.48. The van der Waals surface area contributed by atoms with Gasteiger partial charge in [0.15, 0.2) is 4.77 Å². The molecule has 1 N–H and O–H groups in total. The zero-order chi connectivity index (χ0) is 13.2. The van der Waals surface area contributed by atoms with Gasteiger partial charge in [-0.3, -0.25) is 4.57 Å². The molecule has 1 unspecified atom stereocenters.